The van der Waals surface area contributed by atoms with Crippen molar-refractivity contribution < 1.29 is 32.2 Å². The number of amides is 1. The smallest absolute Gasteiger partial charge is 0.444 e. The van der Waals surface area contributed by atoms with Crippen LogP contribution in [0, 0.1) is 6.92 Å². The number of rotatable bonds is 6. The van der Waals surface area contributed by atoms with E-state index in [4.69, 9.17) is 16.3 Å². The second kappa shape index (κ2) is 9.74. The molecule has 3 aromatic carbocycles. The lowest BCUT2D eigenvalue weighted by Gasteiger charge is -2.18. The number of aryl methyl sites for hydroxylation is 1. The molecule has 0 aromatic heterocycles. The molecule has 0 aliphatic rings. The lowest BCUT2D eigenvalue weighted by Crippen LogP contribution is -2.26. The molecule has 1 atom stereocenters. The maximum atomic E-state index is 12.9. The van der Waals surface area contributed by atoms with Gasteiger partial charge >= 0.3 is 12.3 Å². The Bertz CT molecular complexity index is 1100. The third-order valence-corrected chi connectivity index (χ3v) is 4.74. The second-order valence-electron chi connectivity index (χ2n) is 6.72. The van der Waals surface area contributed by atoms with Crippen LogP contribution in [-0.2, 0) is 9.53 Å². The van der Waals surface area contributed by atoms with E-state index in [0.717, 1.165) is 29.8 Å². The van der Waals surface area contributed by atoms with Crippen LogP contribution in [0.15, 0.2) is 72.8 Å². The van der Waals surface area contributed by atoms with E-state index in [1.54, 1.807) is 48.5 Å². The third kappa shape index (κ3) is 6.24. The zero-order valence-electron chi connectivity index (χ0n) is 16.7. The molecule has 0 spiro atoms. The molecule has 1 N–H and O–H groups in total. The molecule has 1 amide bonds. The number of hydrogen-bond donors (Lipinski definition) is 1. The Morgan fingerprint density at radius 3 is 2.22 bits per heavy atom. The highest BCUT2D eigenvalue weighted by molar-refractivity contribution is 6.31. The molecule has 0 saturated carbocycles. The summed E-state index contributed by atoms with van der Waals surface area (Å²) in [5, 5.41) is 3.11. The van der Waals surface area contributed by atoms with Gasteiger partial charge in [0.05, 0.1) is 5.56 Å². The lowest BCUT2D eigenvalue weighted by molar-refractivity contribution is -0.274. The average Bonchev–Trinajstić information content (AvgIpc) is 2.74. The Labute approximate surface area is 186 Å². The van der Waals surface area contributed by atoms with Gasteiger partial charge in [-0.2, -0.15) is 0 Å². The molecule has 0 saturated heterocycles. The Balaban J connectivity index is 1.79. The first kappa shape index (κ1) is 23.1. The number of halogens is 4. The number of hydrogen-bond acceptors (Lipinski definition) is 4. The minimum Gasteiger partial charge on any atom is -0.444 e. The van der Waals surface area contributed by atoms with Gasteiger partial charge < -0.3 is 14.8 Å². The van der Waals surface area contributed by atoms with Crippen LogP contribution >= 0.6 is 11.6 Å². The van der Waals surface area contributed by atoms with Crippen LogP contribution in [0.3, 0.4) is 0 Å². The molecule has 9 heteroatoms. The second-order valence-corrected chi connectivity index (χ2v) is 7.13. The van der Waals surface area contributed by atoms with E-state index in [-0.39, 0.29) is 5.56 Å². The highest BCUT2D eigenvalue weighted by Crippen LogP contribution is 2.26. The van der Waals surface area contributed by atoms with Crippen LogP contribution in [0.4, 0.5) is 18.9 Å². The van der Waals surface area contributed by atoms with Gasteiger partial charge in [0.2, 0.25) is 6.10 Å². The van der Waals surface area contributed by atoms with E-state index in [1.807, 2.05) is 6.92 Å². The van der Waals surface area contributed by atoms with Crippen LogP contribution in [-0.4, -0.2) is 18.2 Å². The molecule has 0 aliphatic carbocycles. The van der Waals surface area contributed by atoms with Crippen molar-refractivity contribution in [2.75, 3.05) is 5.32 Å². The summed E-state index contributed by atoms with van der Waals surface area (Å²) in [5.41, 5.74) is 1.60. The highest BCUT2D eigenvalue weighted by atomic mass is 35.5. The molecule has 0 fully saturated rings. The van der Waals surface area contributed by atoms with E-state index in [9.17, 15) is 22.8 Å². The summed E-state index contributed by atoms with van der Waals surface area (Å²) < 4.78 is 46.1. The van der Waals surface area contributed by atoms with E-state index in [0.29, 0.717) is 16.3 Å². The molecular formula is C23H17ClF3NO4. The third-order valence-electron chi connectivity index (χ3n) is 4.33. The summed E-state index contributed by atoms with van der Waals surface area (Å²) in [6, 6.07) is 17.5. The SMILES string of the molecule is Cc1ccc(NC(=O)C(OC(=O)c2ccc(OC(F)(F)F)cc2)c2ccccc2)cc1Cl. The van der Waals surface area contributed by atoms with E-state index in [1.165, 1.54) is 0 Å². The summed E-state index contributed by atoms with van der Waals surface area (Å²) in [7, 11) is 0. The summed E-state index contributed by atoms with van der Waals surface area (Å²) >= 11 is 6.09. The fourth-order valence-electron chi connectivity index (χ4n) is 2.75. The van der Waals surface area contributed by atoms with Gasteiger partial charge in [0.15, 0.2) is 0 Å². The first-order chi connectivity index (χ1) is 15.1. The Morgan fingerprint density at radius 1 is 0.969 bits per heavy atom. The molecule has 0 heterocycles. The van der Waals surface area contributed by atoms with Crippen molar-refractivity contribution in [3.63, 3.8) is 0 Å². The van der Waals surface area contributed by atoms with Crippen molar-refractivity contribution in [3.05, 3.63) is 94.5 Å². The number of anilines is 1. The molecule has 166 valence electrons. The maximum absolute atomic E-state index is 12.9. The van der Waals surface area contributed by atoms with Gasteiger partial charge in [0.25, 0.3) is 5.91 Å². The zero-order valence-corrected chi connectivity index (χ0v) is 17.4. The van der Waals surface area contributed by atoms with Gasteiger partial charge in [0.1, 0.15) is 5.75 Å². The fourth-order valence-corrected chi connectivity index (χ4v) is 2.93. The first-order valence-corrected chi connectivity index (χ1v) is 9.69. The largest absolute Gasteiger partial charge is 0.573 e. The van der Waals surface area contributed by atoms with Crippen molar-refractivity contribution >= 4 is 29.2 Å². The number of alkyl halides is 3. The van der Waals surface area contributed by atoms with Crippen molar-refractivity contribution in [2.45, 2.75) is 19.4 Å². The number of nitrogens with one attached hydrogen (secondary N) is 1. The molecule has 1 unspecified atom stereocenters. The maximum Gasteiger partial charge on any atom is 0.573 e. The van der Waals surface area contributed by atoms with Gasteiger partial charge in [-0.05, 0) is 48.9 Å². The standard InChI is InChI=1S/C23H17ClF3NO4/c1-14-7-10-17(13-19(14)24)28-21(29)20(15-5-3-2-4-6-15)31-22(30)16-8-11-18(12-9-16)32-23(25,26)27/h2-13,20H,1H3,(H,28,29). The predicted molar refractivity (Wildman–Crippen MR) is 113 cm³/mol. The normalized spacial score (nSPS) is 12.0. The minimum absolute atomic E-state index is 0.0494. The monoisotopic (exact) mass is 463 g/mol. The van der Waals surface area contributed by atoms with Crippen molar-refractivity contribution in [2.24, 2.45) is 0 Å². The fraction of sp³-hybridized carbons (Fsp3) is 0.130. The van der Waals surface area contributed by atoms with Crippen molar-refractivity contribution in [1.29, 1.82) is 0 Å². The number of carbonyl (C=O) groups excluding carboxylic acids is 2. The van der Waals surface area contributed by atoms with E-state index in [2.05, 4.69) is 10.1 Å². The summed E-state index contributed by atoms with van der Waals surface area (Å²) in [4.78, 5) is 25.5. The van der Waals surface area contributed by atoms with Gasteiger partial charge in [-0.25, -0.2) is 4.79 Å². The van der Waals surface area contributed by atoms with Crippen LogP contribution in [0.2, 0.25) is 5.02 Å². The molecular weight excluding hydrogens is 447 g/mol. The van der Waals surface area contributed by atoms with Gasteiger partial charge in [-0.1, -0.05) is 48.0 Å². The van der Waals surface area contributed by atoms with Crippen LogP contribution in [0.25, 0.3) is 0 Å². The van der Waals surface area contributed by atoms with Gasteiger partial charge in [-0.3, -0.25) is 4.79 Å². The van der Waals surface area contributed by atoms with Crippen molar-refractivity contribution in [1.82, 2.24) is 0 Å². The average molecular weight is 464 g/mol. The molecule has 3 aromatic rings. The quantitative estimate of drug-likeness (QED) is 0.450. The summed E-state index contributed by atoms with van der Waals surface area (Å²) in [5.74, 6) is -2.00. The highest BCUT2D eigenvalue weighted by Gasteiger charge is 2.31. The summed E-state index contributed by atoms with van der Waals surface area (Å²) in [6.07, 6.45) is -6.16. The van der Waals surface area contributed by atoms with Crippen molar-refractivity contribution in [3.8, 4) is 5.75 Å². The lowest BCUT2D eigenvalue weighted by atomic mass is 10.1. The van der Waals surface area contributed by atoms with Crippen LogP contribution in [0.1, 0.15) is 27.6 Å². The Kier molecular flexibility index (Phi) is 7.05. The molecule has 0 radical (unpaired) electrons. The predicted octanol–water partition coefficient (Wildman–Crippen LogP) is 6.08. The van der Waals surface area contributed by atoms with Gasteiger partial charge in [0, 0.05) is 16.3 Å². The summed E-state index contributed by atoms with van der Waals surface area (Å²) in [6.45, 7) is 1.81. The zero-order chi connectivity index (χ0) is 23.3. The number of benzene rings is 3. The number of esters is 1. The Hall–Kier alpha value is -3.52. The van der Waals surface area contributed by atoms with Crippen LogP contribution in [0.5, 0.6) is 5.75 Å². The molecule has 0 bridgehead atoms. The molecule has 5 nitrogen and oxygen atoms in total. The first-order valence-electron chi connectivity index (χ1n) is 9.31. The van der Waals surface area contributed by atoms with Crippen LogP contribution < -0.4 is 10.1 Å². The minimum atomic E-state index is -4.85. The molecule has 3 rings (SSSR count). The van der Waals surface area contributed by atoms with E-state index >= 15 is 0 Å². The molecule has 32 heavy (non-hydrogen) atoms. The molecule has 0 aliphatic heterocycles. The number of ether oxygens (including phenoxy) is 2. The topological polar surface area (TPSA) is 64.6 Å². The van der Waals surface area contributed by atoms with Gasteiger partial charge in [-0.15, -0.1) is 13.2 Å². The van der Waals surface area contributed by atoms with E-state index < -0.39 is 30.1 Å². The Morgan fingerprint density at radius 2 is 1.62 bits per heavy atom. The number of carbonyl (C=O) groups is 2.